The van der Waals surface area contributed by atoms with Gasteiger partial charge in [0.05, 0.1) is 7.11 Å². The zero-order valence-electron chi connectivity index (χ0n) is 14.5. The van der Waals surface area contributed by atoms with Crippen molar-refractivity contribution in [3.8, 4) is 0 Å². The summed E-state index contributed by atoms with van der Waals surface area (Å²) in [7, 11) is 3.62. The van der Waals surface area contributed by atoms with E-state index in [0.717, 1.165) is 32.4 Å². The molecule has 0 fully saturated rings. The van der Waals surface area contributed by atoms with E-state index < -0.39 is 5.54 Å². The van der Waals surface area contributed by atoms with Crippen LogP contribution in [0.5, 0.6) is 0 Å². The average molecular weight is 286 g/mol. The van der Waals surface area contributed by atoms with Gasteiger partial charge in [0.25, 0.3) is 0 Å². The number of ether oxygens (including phenoxy) is 1. The van der Waals surface area contributed by atoms with Crippen LogP contribution in [0.1, 0.15) is 53.9 Å². The SMILES string of the molecule is COC(=O)C(C)(CCCCN(C)CC(C)C)NC(C)C. The van der Waals surface area contributed by atoms with E-state index in [-0.39, 0.29) is 12.0 Å². The van der Waals surface area contributed by atoms with E-state index in [1.807, 2.05) is 6.92 Å². The Morgan fingerprint density at radius 2 is 1.85 bits per heavy atom. The van der Waals surface area contributed by atoms with Gasteiger partial charge in [0, 0.05) is 12.6 Å². The fourth-order valence-electron chi connectivity index (χ4n) is 2.67. The van der Waals surface area contributed by atoms with Crippen LogP contribution in [0.4, 0.5) is 0 Å². The summed E-state index contributed by atoms with van der Waals surface area (Å²) in [4.78, 5) is 14.3. The van der Waals surface area contributed by atoms with E-state index in [0.29, 0.717) is 5.92 Å². The van der Waals surface area contributed by atoms with Gasteiger partial charge in [-0.05, 0) is 59.5 Å². The summed E-state index contributed by atoms with van der Waals surface area (Å²) in [6, 6.07) is 0.266. The zero-order chi connectivity index (χ0) is 15.8. The van der Waals surface area contributed by atoms with Gasteiger partial charge in [0.15, 0.2) is 0 Å². The zero-order valence-corrected chi connectivity index (χ0v) is 14.5. The molecular formula is C16H34N2O2. The van der Waals surface area contributed by atoms with E-state index in [2.05, 4.69) is 45.0 Å². The summed E-state index contributed by atoms with van der Waals surface area (Å²) in [5.41, 5.74) is -0.570. The minimum atomic E-state index is -0.570. The molecule has 0 radical (unpaired) electrons. The highest BCUT2D eigenvalue weighted by Gasteiger charge is 2.33. The maximum atomic E-state index is 11.9. The minimum absolute atomic E-state index is 0.165. The molecule has 0 heterocycles. The molecule has 4 heteroatoms. The third-order valence-electron chi connectivity index (χ3n) is 3.39. The van der Waals surface area contributed by atoms with E-state index in [1.165, 1.54) is 7.11 Å². The first kappa shape index (κ1) is 19.4. The molecule has 0 saturated carbocycles. The van der Waals surface area contributed by atoms with E-state index in [4.69, 9.17) is 4.74 Å². The third kappa shape index (κ3) is 7.85. The van der Waals surface area contributed by atoms with E-state index in [1.54, 1.807) is 0 Å². The maximum Gasteiger partial charge on any atom is 0.325 e. The number of methoxy groups -OCH3 is 1. The fourth-order valence-corrected chi connectivity index (χ4v) is 2.67. The molecule has 0 aliphatic carbocycles. The molecule has 0 amide bonds. The van der Waals surface area contributed by atoms with Crippen molar-refractivity contribution < 1.29 is 9.53 Å². The Morgan fingerprint density at radius 3 is 2.30 bits per heavy atom. The van der Waals surface area contributed by atoms with Crippen molar-refractivity contribution in [1.82, 2.24) is 10.2 Å². The van der Waals surface area contributed by atoms with Crippen LogP contribution in [0.2, 0.25) is 0 Å². The highest BCUT2D eigenvalue weighted by molar-refractivity contribution is 5.80. The summed E-state index contributed by atoms with van der Waals surface area (Å²) in [5, 5.41) is 3.34. The van der Waals surface area contributed by atoms with Gasteiger partial charge in [-0.25, -0.2) is 0 Å². The molecule has 0 aromatic heterocycles. The van der Waals surface area contributed by atoms with Gasteiger partial charge in [-0.1, -0.05) is 13.8 Å². The van der Waals surface area contributed by atoms with Gasteiger partial charge in [-0.2, -0.15) is 0 Å². The summed E-state index contributed by atoms with van der Waals surface area (Å²) in [5.74, 6) is 0.532. The fraction of sp³-hybridized carbons (Fsp3) is 0.938. The lowest BCUT2D eigenvalue weighted by molar-refractivity contribution is -0.148. The monoisotopic (exact) mass is 286 g/mol. The summed E-state index contributed by atoms with van der Waals surface area (Å²) in [6.45, 7) is 12.7. The number of esters is 1. The maximum absolute atomic E-state index is 11.9. The molecule has 1 atom stereocenters. The lowest BCUT2D eigenvalue weighted by Gasteiger charge is -2.30. The molecule has 0 aromatic rings. The number of unbranched alkanes of at least 4 members (excludes halogenated alkanes) is 1. The van der Waals surface area contributed by atoms with Crippen LogP contribution in [-0.2, 0) is 9.53 Å². The van der Waals surface area contributed by atoms with Crippen molar-refractivity contribution in [1.29, 1.82) is 0 Å². The largest absolute Gasteiger partial charge is 0.468 e. The number of nitrogens with zero attached hydrogens (tertiary/aromatic N) is 1. The Balaban J connectivity index is 4.18. The first-order valence-corrected chi connectivity index (χ1v) is 7.76. The van der Waals surface area contributed by atoms with Gasteiger partial charge in [-0.3, -0.25) is 10.1 Å². The topological polar surface area (TPSA) is 41.6 Å². The van der Waals surface area contributed by atoms with Crippen LogP contribution >= 0.6 is 0 Å². The lowest BCUT2D eigenvalue weighted by atomic mass is 9.93. The molecule has 0 aliphatic rings. The second kappa shape index (κ2) is 9.35. The molecule has 0 spiro atoms. The Labute approximate surface area is 125 Å². The normalized spacial score (nSPS) is 14.9. The number of carbonyl (C=O) groups is 1. The van der Waals surface area contributed by atoms with Crippen LogP contribution in [0.15, 0.2) is 0 Å². The molecule has 0 bridgehead atoms. The highest BCUT2D eigenvalue weighted by atomic mass is 16.5. The summed E-state index contributed by atoms with van der Waals surface area (Å²) in [6.07, 6.45) is 2.94. The van der Waals surface area contributed by atoms with Crippen LogP contribution in [0.3, 0.4) is 0 Å². The second-order valence-corrected chi connectivity index (χ2v) is 6.74. The first-order chi connectivity index (χ1) is 9.21. The van der Waals surface area contributed by atoms with Crippen molar-refractivity contribution in [2.45, 2.75) is 65.5 Å². The van der Waals surface area contributed by atoms with Crippen LogP contribution < -0.4 is 5.32 Å². The van der Waals surface area contributed by atoms with Crippen molar-refractivity contribution in [3.63, 3.8) is 0 Å². The Hall–Kier alpha value is -0.610. The lowest BCUT2D eigenvalue weighted by Crippen LogP contribution is -2.53. The molecule has 4 nitrogen and oxygen atoms in total. The van der Waals surface area contributed by atoms with Crippen LogP contribution in [0.25, 0.3) is 0 Å². The number of rotatable bonds is 10. The second-order valence-electron chi connectivity index (χ2n) is 6.74. The molecule has 0 rings (SSSR count). The summed E-state index contributed by atoms with van der Waals surface area (Å²) >= 11 is 0. The average Bonchev–Trinajstić information content (AvgIpc) is 2.31. The van der Waals surface area contributed by atoms with Crippen LogP contribution in [0, 0.1) is 5.92 Å². The highest BCUT2D eigenvalue weighted by Crippen LogP contribution is 2.17. The Morgan fingerprint density at radius 1 is 1.25 bits per heavy atom. The predicted octanol–water partition coefficient (Wildman–Crippen LogP) is 2.67. The van der Waals surface area contributed by atoms with Gasteiger partial charge in [0.1, 0.15) is 5.54 Å². The molecule has 0 aliphatic heterocycles. The molecular weight excluding hydrogens is 252 g/mol. The first-order valence-electron chi connectivity index (χ1n) is 7.76. The molecule has 20 heavy (non-hydrogen) atoms. The molecule has 1 N–H and O–H groups in total. The molecule has 120 valence electrons. The van der Waals surface area contributed by atoms with Crippen molar-refractivity contribution >= 4 is 5.97 Å². The van der Waals surface area contributed by atoms with Crippen molar-refractivity contribution in [2.75, 3.05) is 27.2 Å². The Bertz CT molecular complexity index is 280. The van der Waals surface area contributed by atoms with Gasteiger partial charge in [-0.15, -0.1) is 0 Å². The quantitative estimate of drug-likeness (QED) is 0.495. The number of hydrogen-bond acceptors (Lipinski definition) is 4. The smallest absolute Gasteiger partial charge is 0.325 e. The Kier molecular flexibility index (Phi) is 9.06. The van der Waals surface area contributed by atoms with Crippen molar-refractivity contribution in [2.24, 2.45) is 5.92 Å². The standard InChI is InChI=1S/C16H34N2O2/c1-13(2)12-18(6)11-9-8-10-16(5,15(19)20-7)17-14(3)4/h13-14,17H,8-12H2,1-7H3. The number of hydrogen-bond donors (Lipinski definition) is 1. The molecule has 0 aromatic carbocycles. The molecule has 1 unspecified atom stereocenters. The van der Waals surface area contributed by atoms with E-state index >= 15 is 0 Å². The predicted molar refractivity (Wildman–Crippen MR) is 84.9 cm³/mol. The van der Waals surface area contributed by atoms with Gasteiger partial charge < -0.3 is 9.64 Å². The third-order valence-corrected chi connectivity index (χ3v) is 3.39. The van der Waals surface area contributed by atoms with E-state index in [9.17, 15) is 4.79 Å². The van der Waals surface area contributed by atoms with Gasteiger partial charge in [0.2, 0.25) is 0 Å². The number of carbonyl (C=O) groups excluding carboxylic acids is 1. The number of nitrogens with one attached hydrogen (secondary N) is 1. The summed E-state index contributed by atoms with van der Waals surface area (Å²) < 4.78 is 4.94. The van der Waals surface area contributed by atoms with Crippen molar-refractivity contribution in [3.05, 3.63) is 0 Å². The van der Waals surface area contributed by atoms with Gasteiger partial charge >= 0.3 is 5.97 Å². The van der Waals surface area contributed by atoms with Crippen LogP contribution in [-0.4, -0.2) is 49.7 Å². The molecule has 0 saturated heterocycles. The minimum Gasteiger partial charge on any atom is -0.468 e.